The fraction of sp³-hybridized carbons (Fsp3) is 0.348. The van der Waals surface area contributed by atoms with Crippen LogP contribution in [0.25, 0.3) is 0 Å². The molecule has 1 saturated heterocycles. The summed E-state index contributed by atoms with van der Waals surface area (Å²) in [5.74, 6) is 0.346. The first-order valence-corrected chi connectivity index (χ1v) is 11.2. The minimum atomic E-state index is -0.0414. The lowest BCUT2D eigenvalue weighted by molar-refractivity contribution is -0.130. The van der Waals surface area contributed by atoms with Gasteiger partial charge in [-0.3, -0.25) is 14.4 Å². The molecule has 0 radical (unpaired) electrons. The van der Waals surface area contributed by atoms with Crippen LogP contribution in [0.4, 0.5) is 5.69 Å². The Balaban J connectivity index is 1.41. The Labute approximate surface area is 180 Å². The van der Waals surface area contributed by atoms with Gasteiger partial charge in [-0.1, -0.05) is 30.3 Å². The lowest BCUT2D eigenvalue weighted by Gasteiger charge is -2.34. The fourth-order valence-electron chi connectivity index (χ4n) is 3.98. The molecular formula is C23H25N3O3S. The van der Waals surface area contributed by atoms with E-state index in [1.165, 1.54) is 17.3 Å². The molecule has 156 valence electrons. The number of fused-ring (bicyclic) bond motifs is 1. The molecule has 2 aliphatic heterocycles. The summed E-state index contributed by atoms with van der Waals surface area (Å²) in [6.45, 7) is 4.44. The molecule has 2 aromatic rings. The van der Waals surface area contributed by atoms with E-state index in [1.807, 2.05) is 47.4 Å². The first-order chi connectivity index (χ1) is 14.5. The Morgan fingerprint density at radius 3 is 2.30 bits per heavy atom. The van der Waals surface area contributed by atoms with Crippen LogP contribution in [0.3, 0.4) is 0 Å². The molecule has 0 aromatic heterocycles. The van der Waals surface area contributed by atoms with Crippen molar-refractivity contribution in [2.75, 3.05) is 43.4 Å². The van der Waals surface area contributed by atoms with Crippen LogP contribution in [0.15, 0.2) is 53.4 Å². The van der Waals surface area contributed by atoms with E-state index in [-0.39, 0.29) is 23.5 Å². The second-order valence-corrected chi connectivity index (χ2v) is 8.52. The summed E-state index contributed by atoms with van der Waals surface area (Å²) in [5, 5.41) is 0. The van der Waals surface area contributed by atoms with Crippen molar-refractivity contribution in [1.29, 1.82) is 0 Å². The van der Waals surface area contributed by atoms with Crippen LogP contribution in [-0.4, -0.2) is 66.0 Å². The van der Waals surface area contributed by atoms with Gasteiger partial charge in [-0.15, -0.1) is 11.8 Å². The molecule has 0 atom stereocenters. The van der Waals surface area contributed by atoms with Gasteiger partial charge in [0.05, 0.1) is 11.3 Å². The van der Waals surface area contributed by atoms with E-state index in [0.717, 1.165) is 17.0 Å². The number of rotatable bonds is 4. The van der Waals surface area contributed by atoms with Gasteiger partial charge in [-0.05, 0) is 30.2 Å². The third-order valence-corrected chi connectivity index (χ3v) is 6.73. The number of thioether (sulfide) groups is 1. The van der Waals surface area contributed by atoms with Crippen molar-refractivity contribution in [3.63, 3.8) is 0 Å². The highest BCUT2D eigenvalue weighted by molar-refractivity contribution is 8.00. The summed E-state index contributed by atoms with van der Waals surface area (Å²) >= 11 is 1.41. The predicted octanol–water partition coefficient (Wildman–Crippen LogP) is 2.67. The SMILES string of the molecule is CC(=O)N1CCN(C(=O)c2ccccc2SCC(=O)N2CCc3ccccc32)CC1. The molecule has 30 heavy (non-hydrogen) atoms. The van der Waals surface area contributed by atoms with Gasteiger partial charge >= 0.3 is 0 Å². The molecule has 0 unspecified atom stereocenters. The highest BCUT2D eigenvalue weighted by Gasteiger charge is 2.26. The normalized spacial score (nSPS) is 15.8. The number of anilines is 1. The minimum absolute atomic E-state index is 0.0414. The van der Waals surface area contributed by atoms with Gasteiger partial charge in [0.2, 0.25) is 11.8 Å². The van der Waals surface area contributed by atoms with E-state index < -0.39 is 0 Å². The van der Waals surface area contributed by atoms with Crippen molar-refractivity contribution in [3.8, 4) is 0 Å². The van der Waals surface area contributed by atoms with E-state index in [2.05, 4.69) is 6.07 Å². The van der Waals surface area contributed by atoms with E-state index in [4.69, 9.17) is 0 Å². The molecule has 4 rings (SSSR count). The summed E-state index contributed by atoms with van der Waals surface area (Å²) in [5.41, 5.74) is 2.82. The first kappa shape index (κ1) is 20.5. The van der Waals surface area contributed by atoms with Crippen LogP contribution < -0.4 is 4.90 Å². The zero-order valence-electron chi connectivity index (χ0n) is 17.0. The standard InChI is InChI=1S/C23H25N3O3S/c1-17(27)24-12-14-25(15-13-24)23(29)19-7-3-5-9-21(19)30-16-22(28)26-11-10-18-6-2-4-8-20(18)26/h2-9H,10-16H2,1H3. The Morgan fingerprint density at radius 2 is 1.53 bits per heavy atom. The summed E-state index contributed by atoms with van der Waals surface area (Å²) in [4.78, 5) is 43.6. The molecule has 2 aromatic carbocycles. The molecule has 0 N–H and O–H groups in total. The second kappa shape index (κ2) is 8.92. The van der Waals surface area contributed by atoms with Crippen molar-refractivity contribution >= 4 is 35.2 Å². The molecule has 0 bridgehead atoms. The molecule has 1 fully saturated rings. The van der Waals surface area contributed by atoms with Gasteiger partial charge in [0.1, 0.15) is 0 Å². The van der Waals surface area contributed by atoms with Crippen molar-refractivity contribution in [3.05, 3.63) is 59.7 Å². The fourth-order valence-corrected chi connectivity index (χ4v) is 4.90. The third-order valence-electron chi connectivity index (χ3n) is 5.67. The average molecular weight is 424 g/mol. The number of hydrogen-bond donors (Lipinski definition) is 0. The number of carbonyl (C=O) groups is 3. The van der Waals surface area contributed by atoms with E-state index in [9.17, 15) is 14.4 Å². The molecule has 6 nitrogen and oxygen atoms in total. The van der Waals surface area contributed by atoms with Gasteiger partial charge in [0, 0.05) is 50.2 Å². The predicted molar refractivity (Wildman–Crippen MR) is 118 cm³/mol. The van der Waals surface area contributed by atoms with Crippen LogP contribution in [0.5, 0.6) is 0 Å². The largest absolute Gasteiger partial charge is 0.339 e. The van der Waals surface area contributed by atoms with Crippen LogP contribution in [0, 0.1) is 0 Å². The Morgan fingerprint density at radius 1 is 0.867 bits per heavy atom. The second-order valence-electron chi connectivity index (χ2n) is 7.51. The quantitative estimate of drug-likeness (QED) is 0.710. The zero-order valence-corrected chi connectivity index (χ0v) is 17.9. The first-order valence-electron chi connectivity index (χ1n) is 10.2. The molecule has 2 aliphatic rings. The Kier molecular flexibility index (Phi) is 6.08. The topological polar surface area (TPSA) is 60.9 Å². The van der Waals surface area contributed by atoms with Gasteiger partial charge < -0.3 is 14.7 Å². The summed E-state index contributed by atoms with van der Waals surface area (Å²) in [6.07, 6.45) is 0.883. The maximum absolute atomic E-state index is 13.1. The minimum Gasteiger partial charge on any atom is -0.339 e. The highest BCUT2D eigenvalue weighted by Crippen LogP contribution is 2.30. The average Bonchev–Trinajstić information content (AvgIpc) is 3.21. The lowest BCUT2D eigenvalue weighted by Crippen LogP contribution is -2.50. The van der Waals surface area contributed by atoms with Gasteiger partial charge in [-0.2, -0.15) is 0 Å². The third kappa shape index (κ3) is 4.21. The zero-order chi connectivity index (χ0) is 21.1. The van der Waals surface area contributed by atoms with E-state index in [1.54, 1.807) is 16.7 Å². The number of carbonyl (C=O) groups excluding carboxylic acids is 3. The number of para-hydroxylation sites is 1. The molecule has 0 spiro atoms. The monoisotopic (exact) mass is 423 g/mol. The van der Waals surface area contributed by atoms with Gasteiger partial charge in [0.25, 0.3) is 5.91 Å². The number of nitrogens with zero attached hydrogens (tertiary/aromatic N) is 3. The van der Waals surface area contributed by atoms with Gasteiger partial charge in [0.15, 0.2) is 0 Å². The number of benzene rings is 2. The number of piperazine rings is 1. The maximum atomic E-state index is 13.1. The number of amides is 3. The Bertz CT molecular complexity index is 970. The van der Waals surface area contributed by atoms with Gasteiger partial charge in [-0.25, -0.2) is 0 Å². The van der Waals surface area contributed by atoms with E-state index >= 15 is 0 Å². The summed E-state index contributed by atoms with van der Waals surface area (Å²) in [6, 6.07) is 15.5. The van der Waals surface area contributed by atoms with Crippen LogP contribution in [-0.2, 0) is 16.0 Å². The molecule has 2 heterocycles. The van der Waals surface area contributed by atoms with Crippen LogP contribution >= 0.6 is 11.8 Å². The van der Waals surface area contributed by atoms with Crippen molar-refractivity contribution in [2.45, 2.75) is 18.2 Å². The Hall–Kier alpha value is -2.80. The summed E-state index contributed by atoms with van der Waals surface area (Å²) < 4.78 is 0. The number of hydrogen-bond acceptors (Lipinski definition) is 4. The van der Waals surface area contributed by atoms with Crippen molar-refractivity contribution in [2.24, 2.45) is 0 Å². The highest BCUT2D eigenvalue weighted by atomic mass is 32.2. The maximum Gasteiger partial charge on any atom is 0.255 e. The summed E-state index contributed by atoms with van der Waals surface area (Å²) in [7, 11) is 0. The van der Waals surface area contributed by atoms with Crippen molar-refractivity contribution < 1.29 is 14.4 Å². The van der Waals surface area contributed by atoms with Crippen molar-refractivity contribution in [1.82, 2.24) is 9.80 Å². The van der Waals surface area contributed by atoms with Crippen LogP contribution in [0.2, 0.25) is 0 Å². The molecule has 0 aliphatic carbocycles. The van der Waals surface area contributed by atoms with Crippen LogP contribution in [0.1, 0.15) is 22.8 Å². The van der Waals surface area contributed by atoms with E-state index in [0.29, 0.717) is 38.3 Å². The molecule has 7 heteroatoms. The lowest BCUT2D eigenvalue weighted by atomic mass is 10.2. The molecular weight excluding hydrogens is 398 g/mol. The molecule has 3 amide bonds. The smallest absolute Gasteiger partial charge is 0.255 e. The molecule has 0 saturated carbocycles.